The van der Waals surface area contributed by atoms with E-state index in [1.807, 2.05) is 19.1 Å². The Labute approximate surface area is 106 Å². The first-order chi connectivity index (χ1) is 7.19. The summed E-state index contributed by atoms with van der Waals surface area (Å²) in [4.78, 5) is 11.6. The normalized spacial score (nSPS) is 12.2. The van der Waals surface area contributed by atoms with Crippen LogP contribution in [0.15, 0.2) is 24.3 Å². The fraction of sp³-hybridized carbons (Fsp3) is 0.364. The van der Waals surface area contributed by atoms with Gasteiger partial charge in [0, 0.05) is 10.9 Å². The molecule has 0 amide bonds. The minimum atomic E-state index is -0.186. The Morgan fingerprint density at radius 2 is 2.27 bits per heavy atom. The van der Waals surface area contributed by atoms with Gasteiger partial charge in [-0.05, 0) is 19.1 Å². The highest BCUT2D eigenvalue weighted by Crippen LogP contribution is 2.17. The van der Waals surface area contributed by atoms with E-state index < -0.39 is 0 Å². The minimum absolute atomic E-state index is 0.0634. The van der Waals surface area contributed by atoms with E-state index in [-0.39, 0.29) is 10.6 Å². The number of Topliss-reactive ketones (excluding diaryl/α,β-unsaturated/α-hetero) is 1. The molecule has 0 aliphatic carbocycles. The molecule has 0 spiro atoms. The van der Waals surface area contributed by atoms with Crippen LogP contribution in [0.1, 0.15) is 17.3 Å². The molecule has 0 fully saturated rings. The summed E-state index contributed by atoms with van der Waals surface area (Å²) in [6, 6.07) is 7.23. The van der Waals surface area contributed by atoms with Crippen molar-refractivity contribution in [2.75, 3.05) is 11.9 Å². The number of halogens is 2. The summed E-state index contributed by atoms with van der Waals surface area (Å²) >= 11 is 6.57. The second-order valence-corrected chi connectivity index (χ2v) is 4.70. The summed E-state index contributed by atoms with van der Waals surface area (Å²) in [7, 11) is 0. The van der Waals surface area contributed by atoms with Crippen LogP contribution in [0.2, 0.25) is 0 Å². The molecule has 0 bridgehead atoms. The molecule has 2 nitrogen and oxygen atoms in total. The maximum absolute atomic E-state index is 11.8. The molecule has 1 rings (SSSR count). The molecule has 15 heavy (non-hydrogen) atoms. The van der Waals surface area contributed by atoms with Gasteiger partial charge in [-0.1, -0.05) is 44.0 Å². The molecule has 0 saturated heterocycles. The standard InChI is InChI=1S/C11H12Br2O2/c1-2-15-9-5-3-4-8(6-9)11(14)10(13)7-12/h3-6,10H,2,7H2,1H3. The molecule has 1 atom stereocenters. The van der Waals surface area contributed by atoms with Crippen LogP contribution in [0.3, 0.4) is 0 Å². The van der Waals surface area contributed by atoms with E-state index in [9.17, 15) is 4.79 Å². The van der Waals surface area contributed by atoms with Gasteiger partial charge in [0.05, 0.1) is 11.4 Å². The molecule has 0 aliphatic heterocycles. The van der Waals surface area contributed by atoms with Crippen molar-refractivity contribution in [3.05, 3.63) is 29.8 Å². The van der Waals surface area contributed by atoms with Crippen molar-refractivity contribution in [1.29, 1.82) is 0 Å². The van der Waals surface area contributed by atoms with Crippen molar-refractivity contribution < 1.29 is 9.53 Å². The molecule has 82 valence electrons. The molecule has 0 N–H and O–H groups in total. The number of carbonyl (C=O) groups excluding carboxylic acids is 1. The van der Waals surface area contributed by atoms with Crippen LogP contribution in [0, 0.1) is 0 Å². The molecule has 0 radical (unpaired) electrons. The van der Waals surface area contributed by atoms with Gasteiger partial charge in [0.1, 0.15) is 5.75 Å². The van der Waals surface area contributed by atoms with Gasteiger partial charge in [-0.25, -0.2) is 0 Å². The summed E-state index contributed by atoms with van der Waals surface area (Å²) in [5.41, 5.74) is 0.669. The number of ether oxygens (including phenoxy) is 1. The summed E-state index contributed by atoms with van der Waals surface area (Å²) in [5, 5.41) is 0.602. The van der Waals surface area contributed by atoms with Crippen molar-refractivity contribution in [1.82, 2.24) is 0 Å². The molecule has 4 heteroatoms. The lowest BCUT2D eigenvalue weighted by Crippen LogP contribution is -2.15. The largest absolute Gasteiger partial charge is 0.494 e. The van der Waals surface area contributed by atoms with Gasteiger partial charge < -0.3 is 4.74 Å². The van der Waals surface area contributed by atoms with Gasteiger partial charge in [0.2, 0.25) is 0 Å². The Hall–Kier alpha value is -0.350. The smallest absolute Gasteiger partial charge is 0.177 e. The van der Waals surface area contributed by atoms with Crippen LogP contribution in [-0.2, 0) is 0 Å². The number of hydrogen-bond donors (Lipinski definition) is 0. The fourth-order valence-electron chi connectivity index (χ4n) is 1.16. The van der Waals surface area contributed by atoms with Crippen molar-refractivity contribution in [2.45, 2.75) is 11.8 Å². The monoisotopic (exact) mass is 334 g/mol. The van der Waals surface area contributed by atoms with E-state index in [0.29, 0.717) is 17.5 Å². The van der Waals surface area contributed by atoms with Crippen molar-refractivity contribution in [3.8, 4) is 5.75 Å². The maximum Gasteiger partial charge on any atom is 0.177 e. The van der Waals surface area contributed by atoms with Gasteiger partial charge in [-0.2, -0.15) is 0 Å². The number of rotatable bonds is 5. The van der Waals surface area contributed by atoms with Gasteiger partial charge in [0.15, 0.2) is 5.78 Å². The van der Waals surface area contributed by atoms with Crippen molar-refractivity contribution in [2.24, 2.45) is 0 Å². The van der Waals surface area contributed by atoms with Gasteiger partial charge in [-0.15, -0.1) is 0 Å². The highest BCUT2D eigenvalue weighted by atomic mass is 79.9. The molecular formula is C11H12Br2O2. The van der Waals surface area contributed by atoms with Crippen molar-refractivity contribution >= 4 is 37.6 Å². The predicted molar refractivity (Wildman–Crippen MR) is 68.5 cm³/mol. The number of carbonyl (C=O) groups is 1. The van der Waals surface area contributed by atoms with Crippen molar-refractivity contribution in [3.63, 3.8) is 0 Å². The average Bonchev–Trinajstić information content (AvgIpc) is 2.28. The maximum atomic E-state index is 11.8. The van der Waals surface area contributed by atoms with Gasteiger partial charge in [-0.3, -0.25) is 4.79 Å². The van der Waals surface area contributed by atoms with Crippen LogP contribution >= 0.6 is 31.9 Å². The third-order valence-corrected chi connectivity index (χ3v) is 4.11. The second-order valence-electron chi connectivity index (χ2n) is 2.95. The van der Waals surface area contributed by atoms with E-state index in [1.165, 1.54) is 0 Å². The van der Waals surface area contributed by atoms with E-state index in [2.05, 4.69) is 31.9 Å². The lowest BCUT2D eigenvalue weighted by molar-refractivity contribution is 0.0997. The second kappa shape index (κ2) is 6.28. The lowest BCUT2D eigenvalue weighted by atomic mass is 10.1. The molecule has 1 aromatic rings. The summed E-state index contributed by atoms with van der Waals surface area (Å²) < 4.78 is 5.33. The van der Waals surface area contributed by atoms with Crippen LogP contribution in [0.5, 0.6) is 5.75 Å². The van der Waals surface area contributed by atoms with Gasteiger partial charge >= 0.3 is 0 Å². The molecule has 1 aromatic carbocycles. The molecule has 0 aliphatic rings. The first-order valence-corrected chi connectivity index (χ1v) is 6.69. The molecule has 0 saturated carbocycles. The third kappa shape index (κ3) is 3.61. The summed E-state index contributed by atoms with van der Waals surface area (Å²) in [5.74, 6) is 0.797. The zero-order chi connectivity index (χ0) is 11.3. The van der Waals surface area contributed by atoms with E-state index in [0.717, 1.165) is 5.75 Å². The highest BCUT2D eigenvalue weighted by Gasteiger charge is 2.15. The Bertz CT molecular complexity index is 339. The number of benzene rings is 1. The predicted octanol–water partition coefficient (Wildman–Crippen LogP) is 3.43. The van der Waals surface area contributed by atoms with E-state index in [4.69, 9.17) is 4.74 Å². The lowest BCUT2D eigenvalue weighted by Gasteiger charge is -2.07. The fourth-order valence-corrected chi connectivity index (χ4v) is 1.72. The quantitative estimate of drug-likeness (QED) is 0.608. The molecule has 1 unspecified atom stereocenters. The molecule has 0 heterocycles. The van der Waals surface area contributed by atoms with Crippen LogP contribution in [0.4, 0.5) is 0 Å². The number of alkyl halides is 2. The average molecular weight is 336 g/mol. The Morgan fingerprint density at radius 1 is 1.53 bits per heavy atom. The van der Waals surface area contributed by atoms with Gasteiger partial charge in [0.25, 0.3) is 0 Å². The number of ketones is 1. The SMILES string of the molecule is CCOc1cccc(C(=O)C(Br)CBr)c1. The molecule has 0 aromatic heterocycles. The Kier molecular flexibility index (Phi) is 5.32. The van der Waals surface area contributed by atoms with Crippen LogP contribution in [-0.4, -0.2) is 22.5 Å². The van der Waals surface area contributed by atoms with E-state index in [1.54, 1.807) is 12.1 Å². The van der Waals surface area contributed by atoms with E-state index >= 15 is 0 Å². The Morgan fingerprint density at radius 3 is 2.87 bits per heavy atom. The first kappa shape index (κ1) is 12.7. The topological polar surface area (TPSA) is 26.3 Å². The summed E-state index contributed by atoms with van der Waals surface area (Å²) in [6.07, 6.45) is 0. The number of hydrogen-bond acceptors (Lipinski definition) is 2. The van der Waals surface area contributed by atoms with Crippen LogP contribution < -0.4 is 4.74 Å². The summed E-state index contributed by atoms with van der Waals surface area (Å²) in [6.45, 7) is 2.52. The zero-order valence-corrected chi connectivity index (χ0v) is 11.5. The third-order valence-electron chi connectivity index (χ3n) is 1.85. The highest BCUT2D eigenvalue weighted by molar-refractivity contribution is 9.12. The first-order valence-electron chi connectivity index (χ1n) is 4.66. The van der Waals surface area contributed by atoms with Crippen LogP contribution in [0.25, 0.3) is 0 Å². The zero-order valence-electron chi connectivity index (χ0n) is 8.37. The Balaban J connectivity index is 2.85. The minimum Gasteiger partial charge on any atom is -0.494 e. The molecular weight excluding hydrogens is 324 g/mol.